The first kappa shape index (κ1) is 27.7. The maximum atomic E-state index is 14.3. The zero-order chi connectivity index (χ0) is 29.1. The highest BCUT2D eigenvalue weighted by atomic mass is 35.5. The number of carbonyl (C=O) groups is 1. The van der Waals surface area contributed by atoms with Crippen LogP contribution in [0.5, 0.6) is 0 Å². The van der Waals surface area contributed by atoms with Crippen LogP contribution >= 0.6 is 11.6 Å². The molecule has 0 N–H and O–H groups in total. The van der Waals surface area contributed by atoms with Crippen molar-refractivity contribution in [3.05, 3.63) is 117 Å². The number of hydrogen-bond acceptors (Lipinski definition) is 3. The van der Waals surface area contributed by atoms with Crippen molar-refractivity contribution < 1.29 is 4.79 Å². The fourth-order valence-electron chi connectivity index (χ4n) is 6.86. The summed E-state index contributed by atoms with van der Waals surface area (Å²) in [4.78, 5) is 22.0. The van der Waals surface area contributed by atoms with Gasteiger partial charge in [0, 0.05) is 51.3 Å². The van der Waals surface area contributed by atoms with Crippen LogP contribution in [0.15, 0.2) is 100 Å². The van der Waals surface area contributed by atoms with E-state index in [1.165, 1.54) is 22.4 Å². The molecule has 3 aliphatic rings. The Balaban J connectivity index is 1.68. The molecule has 3 aromatic carbocycles. The molecule has 210 valence electrons. The highest BCUT2D eigenvalue weighted by Crippen LogP contribution is 2.56. The maximum Gasteiger partial charge on any atom is 0.162 e. The molecule has 3 nitrogen and oxygen atoms in total. The summed E-state index contributed by atoms with van der Waals surface area (Å²) in [6, 6.07) is 25.3. The molecule has 1 unspecified atom stereocenters. The molecule has 1 atom stereocenters. The first-order valence-corrected chi connectivity index (χ1v) is 15.0. The predicted octanol–water partition coefficient (Wildman–Crippen LogP) is 10.1. The minimum Gasteiger partial charge on any atom is -0.317 e. The van der Waals surface area contributed by atoms with E-state index in [4.69, 9.17) is 16.6 Å². The number of Topliss-reactive ketones (excluding diaryl/α,β-unsaturated/α-hetero) is 1. The molecular formula is C37H39ClN2O. The average molecular weight is 563 g/mol. The zero-order valence-corrected chi connectivity index (χ0v) is 25.8. The Labute approximate surface area is 249 Å². The summed E-state index contributed by atoms with van der Waals surface area (Å²) in [5.41, 5.74) is 11.0. The van der Waals surface area contributed by atoms with Crippen LogP contribution in [0.25, 0.3) is 0 Å². The standard InChI is InChI=1S/C37H39ClN2O/c1-23-7-15-27(16-8-23)39-29-19-36(3,4)20-30-34(29)33(25-11-13-26(38)14-12-25)35-31(21-37(5,6)22-32(35)41)40(30)28-17-9-24(2)10-18-28/h7-18,33H,19-22H2,1-6H3. The van der Waals surface area contributed by atoms with Gasteiger partial charge >= 0.3 is 0 Å². The molecule has 6 rings (SSSR count). The number of carbonyl (C=O) groups excluding carboxylic acids is 1. The summed E-state index contributed by atoms with van der Waals surface area (Å²) >= 11 is 6.37. The Morgan fingerprint density at radius 3 is 1.85 bits per heavy atom. The van der Waals surface area contributed by atoms with Crippen LogP contribution in [0.3, 0.4) is 0 Å². The van der Waals surface area contributed by atoms with Crippen molar-refractivity contribution in [2.75, 3.05) is 4.90 Å². The Hall–Kier alpha value is -3.43. The highest BCUT2D eigenvalue weighted by molar-refractivity contribution is 6.30. The van der Waals surface area contributed by atoms with E-state index in [-0.39, 0.29) is 22.5 Å². The van der Waals surface area contributed by atoms with E-state index in [1.807, 2.05) is 12.1 Å². The number of halogens is 1. The van der Waals surface area contributed by atoms with E-state index < -0.39 is 0 Å². The summed E-state index contributed by atoms with van der Waals surface area (Å²) in [6.45, 7) is 13.3. The fourth-order valence-corrected chi connectivity index (χ4v) is 6.99. The number of aryl methyl sites for hydroxylation is 2. The summed E-state index contributed by atoms with van der Waals surface area (Å²) < 4.78 is 0. The molecule has 2 aliphatic carbocycles. The van der Waals surface area contributed by atoms with Gasteiger partial charge in [-0.15, -0.1) is 0 Å². The lowest BCUT2D eigenvalue weighted by Gasteiger charge is -2.50. The molecule has 0 saturated heterocycles. The molecule has 0 spiro atoms. The van der Waals surface area contributed by atoms with Gasteiger partial charge < -0.3 is 4.90 Å². The SMILES string of the molecule is Cc1ccc(N=C2CC(C)(C)CC3=C2C(c2ccc(Cl)cc2)C2=C(CC(C)(C)CC2=O)N3c2ccc(C)cc2)cc1. The van der Waals surface area contributed by atoms with Crippen molar-refractivity contribution in [3.63, 3.8) is 0 Å². The Bertz CT molecular complexity index is 1600. The lowest BCUT2D eigenvalue weighted by molar-refractivity contribution is -0.118. The third kappa shape index (κ3) is 5.33. The Morgan fingerprint density at radius 2 is 1.24 bits per heavy atom. The van der Waals surface area contributed by atoms with Crippen LogP contribution in [-0.2, 0) is 4.79 Å². The molecule has 4 heteroatoms. The van der Waals surface area contributed by atoms with Crippen molar-refractivity contribution >= 4 is 34.5 Å². The first-order chi connectivity index (χ1) is 19.4. The predicted molar refractivity (Wildman–Crippen MR) is 171 cm³/mol. The number of aliphatic imine (C=N–C) groups is 1. The summed E-state index contributed by atoms with van der Waals surface area (Å²) in [5, 5.41) is 0.698. The number of benzene rings is 3. The quantitative estimate of drug-likeness (QED) is 0.318. The lowest BCUT2D eigenvalue weighted by Crippen LogP contribution is -2.44. The van der Waals surface area contributed by atoms with Crippen molar-refractivity contribution in [1.82, 2.24) is 0 Å². The van der Waals surface area contributed by atoms with Crippen molar-refractivity contribution in [2.45, 2.75) is 73.1 Å². The van der Waals surface area contributed by atoms with Gasteiger partial charge in [0.25, 0.3) is 0 Å². The lowest BCUT2D eigenvalue weighted by atomic mass is 9.63. The van der Waals surface area contributed by atoms with Gasteiger partial charge in [0.15, 0.2) is 5.78 Å². The smallest absolute Gasteiger partial charge is 0.162 e. The summed E-state index contributed by atoms with van der Waals surface area (Å²) in [7, 11) is 0. The molecule has 3 aromatic rings. The van der Waals surface area contributed by atoms with Crippen LogP contribution in [0.2, 0.25) is 5.02 Å². The van der Waals surface area contributed by atoms with E-state index in [0.717, 1.165) is 53.2 Å². The third-order valence-electron chi connectivity index (χ3n) is 8.72. The van der Waals surface area contributed by atoms with Gasteiger partial charge in [-0.1, -0.05) is 86.8 Å². The number of ketones is 1. The summed E-state index contributed by atoms with van der Waals surface area (Å²) in [5.74, 6) is 0.0576. The van der Waals surface area contributed by atoms with Crippen LogP contribution < -0.4 is 4.90 Å². The second kappa shape index (κ2) is 10.1. The number of hydrogen-bond donors (Lipinski definition) is 0. The van der Waals surface area contributed by atoms with Gasteiger partial charge in [0.2, 0.25) is 0 Å². The second-order valence-electron chi connectivity index (χ2n) is 13.7. The van der Waals surface area contributed by atoms with E-state index in [2.05, 4.69) is 107 Å². The molecule has 1 heterocycles. The van der Waals surface area contributed by atoms with Crippen LogP contribution in [0.1, 0.15) is 76.0 Å². The van der Waals surface area contributed by atoms with Crippen LogP contribution in [0, 0.1) is 24.7 Å². The fraction of sp³-hybridized carbons (Fsp3) is 0.351. The van der Waals surface area contributed by atoms with Gasteiger partial charge in [-0.3, -0.25) is 9.79 Å². The molecule has 0 aromatic heterocycles. The van der Waals surface area contributed by atoms with E-state index in [0.29, 0.717) is 11.4 Å². The number of allylic oxidation sites excluding steroid dienone is 4. The van der Waals surface area contributed by atoms with Crippen molar-refractivity contribution in [3.8, 4) is 0 Å². The van der Waals surface area contributed by atoms with Gasteiger partial charge in [-0.2, -0.15) is 0 Å². The van der Waals surface area contributed by atoms with Crippen LogP contribution in [-0.4, -0.2) is 11.5 Å². The van der Waals surface area contributed by atoms with E-state index in [1.54, 1.807) is 0 Å². The minimum absolute atomic E-state index is 0.00210. The van der Waals surface area contributed by atoms with Gasteiger partial charge in [0.1, 0.15) is 0 Å². The number of nitrogens with zero attached hydrogens (tertiary/aromatic N) is 2. The number of rotatable bonds is 3. The molecular weight excluding hydrogens is 524 g/mol. The second-order valence-corrected chi connectivity index (χ2v) is 14.2. The molecule has 0 fully saturated rings. The van der Waals surface area contributed by atoms with E-state index >= 15 is 0 Å². The Morgan fingerprint density at radius 1 is 0.707 bits per heavy atom. The molecule has 41 heavy (non-hydrogen) atoms. The molecule has 0 saturated carbocycles. The minimum atomic E-state index is -0.178. The van der Waals surface area contributed by atoms with Gasteiger partial charge in [0.05, 0.1) is 5.69 Å². The molecule has 0 bridgehead atoms. The van der Waals surface area contributed by atoms with E-state index in [9.17, 15) is 4.79 Å². The third-order valence-corrected chi connectivity index (χ3v) is 8.97. The summed E-state index contributed by atoms with van der Waals surface area (Å²) in [6.07, 6.45) is 3.12. The van der Waals surface area contributed by atoms with Crippen molar-refractivity contribution in [2.24, 2.45) is 15.8 Å². The molecule has 1 aliphatic heterocycles. The van der Waals surface area contributed by atoms with Crippen molar-refractivity contribution in [1.29, 1.82) is 0 Å². The molecule has 0 radical (unpaired) electrons. The normalized spacial score (nSPS) is 22.6. The topological polar surface area (TPSA) is 32.7 Å². The van der Waals surface area contributed by atoms with Crippen LogP contribution in [0.4, 0.5) is 11.4 Å². The zero-order valence-electron chi connectivity index (χ0n) is 25.0. The highest BCUT2D eigenvalue weighted by Gasteiger charge is 2.48. The first-order valence-electron chi connectivity index (χ1n) is 14.7. The maximum absolute atomic E-state index is 14.3. The largest absolute Gasteiger partial charge is 0.317 e. The number of anilines is 1. The molecule has 0 amide bonds. The Kier molecular flexibility index (Phi) is 6.85. The monoisotopic (exact) mass is 562 g/mol. The average Bonchev–Trinajstić information content (AvgIpc) is 2.89. The van der Waals surface area contributed by atoms with Gasteiger partial charge in [-0.05, 0) is 85.9 Å². The van der Waals surface area contributed by atoms with Gasteiger partial charge in [-0.25, -0.2) is 0 Å².